The summed E-state index contributed by atoms with van der Waals surface area (Å²) in [5.41, 5.74) is 6.53. The Morgan fingerprint density at radius 2 is 1.96 bits per heavy atom. The van der Waals surface area contributed by atoms with Crippen LogP contribution in [0.25, 0.3) is 0 Å². The highest BCUT2D eigenvalue weighted by molar-refractivity contribution is 5.96. The Balaban J connectivity index is 0.00000243. The van der Waals surface area contributed by atoms with Crippen LogP contribution in [0.5, 0.6) is 5.75 Å². The van der Waals surface area contributed by atoms with Gasteiger partial charge in [0.15, 0.2) is 11.6 Å². The molecule has 1 aromatic carbocycles. The van der Waals surface area contributed by atoms with Crippen LogP contribution in [0.15, 0.2) is 28.8 Å². The van der Waals surface area contributed by atoms with Gasteiger partial charge in [0, 0.05) is 18.4 Å². The second kappa shape index (κ2) is 9.14. The third-order valence-electron chi connectivity index (χ3n) is 4.62. The van der Waals surface area contributed by atoms with Crippen LogP contribution in [0.2, 0.25) is 0 Å². The van der Waals surface area contributed by atoms with E-state index in [0.29, 0.717) is 36.7 Å². The van der Waals surface area contributed by atoms with Crippen molar-refractivity contribution in [2.75, 3.05) is 6.61 Å². The summed E-state index contributed by atoms with van der Waals surface area (Å²) < 4.78 is 10.8. The van der Waals surface area contributed by atoms with Crippen molar-refractivity contribution in [1.82, 2.24) is 10.1 Å². The van der Waals surface area contributed by atoms with Crippen molar-refractivity contribution < 1.29 is 14.1 Å². The number of carbonyl (C=O) groups excluding carboxylic acids is 1. The zero-order chi connectivity index (χ0) is 17.7. The van der Waals surface area contributed by atoms with Gasteiger partial charge in [-0.25, -0.2) is 0 Å². The van der Waals surface area contributed by atoms with E-state index in [4.69, 9.17) is 15.0 Å². The van der Waals surface area contributed by atoms with Crippen LogP contribution in [0.1, 0.15) is 67.5 Å². The number of Topliss-reactive ketones (excluding diaryl/α,β-unsaturated/α-hetero) is 1. The highest BCUT2D eigenvalue weighted by Crippen LogP contribution is 2.34. The molecule has 1 aromatic heterocycles. The molecule has 1 aliphatic rings. The molecular weight excluding hydrogens is 354 g/mol. The van der Waals surface area contributed by atoms with Crippen molar-refractivity contribution >= 4 is 18.2 Å². The summed E-state index contributed by atoms with van der Waals surface area (Å²) in [6.45, 7) is 2.73. The van der Waals surface area contributed by atoms with Gasteiger partial charge in [0.05, 0.1) is 12.1 Å². The molecule has 2 N–H and O–H groups in total. The minimum absolute atomic E-state index is 0. The van der Waals surface area contributed by atoms with Crippen LogP contribution in [0.4, 0.5) is 0 Å². The highest BCUT2D eigenvalue weighted by Gasteiger charge is 2.35. The lowest BCUT2D eigenvalue weighted by atomic mass is 9.99. The van der Waals surface area contributed by atoms with E-state index in [1.165, 1.54) is 0 Å². The van der Waals surface area contributed by atoms with Gasteiger partial charge in [-0.2, -0.15) is 4.98 Å². The molecule has 0 unspecified atom stereocenters. The van der Waals surface area contributed by atoms with Crippen LogP contribution in [-0.4, -0.2) is 22.5 Å². The number of carbonyl (C=O) groups is 1. The molecule has 1 heterocycles. The Hall–Kier alpha value is -1.92. The van der Waals surface area contributed by atoms with Gasteiger partial charge in [-0.1, -0.05) is 24.9 Å². The Labute approximate surface area is 159 Å². The van der Waals surface area contributed by atoms with E-state index in [0.717, 1.165) is 37.9 Å². The molecule has 0 bridgehead atoms. The summed E-state index contributed by atoms with van der Waals surface area (Å²) >= 11 is 0. The number of benzene rings is 1. The number of ether oxygens (including phenoxy) is 1. The molecule has 1 fully saturated rings. The molecule has 142 valence electrons. The van der Waals surface area contributed by atoms with Gasteiger partial charge < -0.3 is 15.0 Å². The van der Waals surface area contributed by atoms with Crippen LogP contribution in [0.3, 0.4) is 0 Å². The third kappa shape index (κ3) is 4.83. The average Bonchev–Trinajstić information content (AvgIpc) is 3.28. The van der Waals surface area contributed by atoms with Gasteiger partial charge >= 0.3 is 0 Å². The number of ketones is 1. The Morgan fingerprint density at radius 1 is 1.27 bits per heavy atom. The van der Waals surface area contributed by atoms with Crippen molar-refractivity contribution in [1.29, 1.82) is 0 Å². The molecule has 3 rings (SSSR count). The summed E-state index contributed by atoms with van der Waals surface area (Å²) in [5.74, 6) is 1.88. The topological polar surface area (TPSA) is 91.2 Å². The van der Waals surface area contributed by atoms with Gasteiger partial charge in [0.1, 0.15) is 5.75 Å². The van der Waals surface area contributed by atoms with Crippen LogP contribution >= 0.6 is 12.4 Å². The minimum Gasteiger partial charge on any atom is -0.494 e. The van der Waals surface area contributed by atoms with Crippen molar-refractivity contribution in [3.63, 3.8) is 0 Å². The molecule has 0 amide bonds. The van der Waals surface area contributed by atoms with E-state index in [-0.39, 0.29) is 18.2 Å². The first-order valence-corrected chi connectivity index (χ1v) is 8.99. The molecule has 2 aromatic rings. The number of hydrogen-bond acceptors (Lipinski definition) is 6. The maximum Gasteiger partial charge on any atom is 0.227 e. The Bertz CT molecular complexity index is 709. The van der Waals surface area contributed by atoms with Crippen molar-refractivity contribution in [3.05, 3.63) is 41.5 Å². The molecule has 1 aliphatic carbocycles. The zero-order valence-corrected chi connectivity index (χ0v) is 15.9. The lowest BCUT2D eigenvalue weighted by molar-refractivity contribution is 0.0979. The van der Waals surface area contributed by atoms with E-state index in [2.05, 4.69) is 17.1 Å². The van der Waals surface area contributed by atoms with Crippen LogP contribution in [0, 0.1) is 0 Å². The molecule has 26 heavy (non-hydrogen) atoms. The molecule has 0 saturated heterocycles. The standard InChI is InChI=1S/C19H25N3O3.ClH/c1-2-13-24-15-7-5-14(6-8-15)16(23)9-10-17-21-18(22-25-17)19(20)11-3-4-12-19;/h5-8H,2-4,9-13,20H2,1H3;1H. The number of rotatable bonds is 8. The summed E-state index contributed by atoms with van der Waals surface area (Å²) in [6.07, 6.45) is 5.67. The van der Waals surface area contributed by atoms with Crippen molar-refractivity contribution in [2.45, 2.75) is 57.4 Å². The second-order valence-corrected chi connectivity index (χ2v) is 6.67. The maximum atomic E-state index is 12.3. The van der Waals surface area contributed by atoms with E-state index in [1.54, 1.807) is 12.1 Å². The number of halogens is 1. The zero-order valence-electron chi connectivity index (χ0n) is 15.1. The van der Waals surface area contributed by atoms with Gasteiger partial charge in [-0.05, 0) is 43.5 Å². The highest BCUT2D eigenvalue weighted by atomic mass is 35.5. The smallest absolute Gasteiger partial charge is 0.227 e. The molecule has 6 nitrogen and oxygen atoms in total. The van der Waals surface area contributed by atoms with E-state index < -0.39 is 5.54 Å². The third-order valence-corrected chi connectivity index (χ3v) is 4.62. The predicted octanol–water partition coefficient (Wildman–Crippen LogP) is 3.82. The summed E-state index contributed by atoms with van der Waals surface area (Å²) in [4.78, 5) is 16.7. The van der Waals surface area contributed by atoms with E-state index >= 15 is 0 Å². The number of hydrogen-bond donors (Lipinski definition) is 1. The van der Waals surface area contributed by atoms with Gasteiger partial charge in [-0.15, -0.1) is 12.4 Å². The predicted molar refractivity (Wildman–Crippen MR) is 101 cm³/mol. The number of nitrogens with two attached hydrogens (primary N) is 1. The van der Waals surface area contributed by atoms with Gasteiger partial charge in [0.2, 0.25) is 5.89 Å². The average molecular weight is 380 g/mol. The van der Waals surface area contributed by atoms with Crippen molar-refractivity contribution in [3.8, 4) is 5.75 Å². The number of nitrogens with zero attached hydrogens (tertiary/aromatic N) is 2. The lowest BCUT2D eigenvalue weighted by Crippen LogP contribution is -2.34. The van der Waals surface area contributed by atoms with Crippen LogP contribution in [-0.2, 0) is 12.0 Å². The summed E-state index contributed by atoms with van der Waals surface area (Å²) in [7, 11) is 0. The SMILES string of the molecule is CCCOc1ccc(C(=O)CCc2nc(C3(N)CCCC3)no2)cc1.Cl. The molecule has 0 aliphatic heterocycles. The molecule has 0 radical (unpaired) electrons. The first-order valence-electron chi connectivity index (χ1n) is 8.99. The Morgan fingerprint density at radius 3 is 2.62 bits per heavy atom. The van der Waals surface area contributed by atoms with Gasteiger partial charge in [-0.3, -0.25) is 4.79 Å². The van der Waals surface area contributed by atoms with Crippen LogP contribution < -0.4 is 10.5 Å². The fourth-order valence-corrected chi connectivity index (χ4v) is 3.11. The first-order chi connectivity index (χ1) is 12.1. The lowest BCUT2D eigenvalue weighted by Gasteiger charge is -2.17. The fourth-order valence-electron chi connectivity index (χ4n) is 3.11. The van der Waals surface area contributed by atoms with Crippen molar-refractivity contribution in [2.24, 2.45) is 5.73 Å². The molecule has 0 spiro atoms. The molecular formula is C19H26ClN3O3. The number of aromatic nitrogens is 2. The first kappa shape index (κ1) is 20.4. The minimum atomic E-state index is -0.458. The van der Waals surface area contributed by atoms with Gasteiger partial charge in [0.25, 0.3) is 0 Å². The number of aryl methyl sites for hydroxylation is 1. The molecule has 0 atom stereocenters. The molecule has 7 heteroatoms. The monoisotopic (exact) mass is 379 g/mol. The molecule has 1 saturated carbocycles. The quantitative estimate of drug-likeness (QED) is 0.701. The second-order valence-electron chi connectivity index (χ2n) is 6.67. The maximum absolute atomic E-state index is 12.3. The fraction of sp³-hybridized carbons (Fsp3) is 0.526. The van der Waals surface area contributed by atoms with E-state index in [9.17, 15) is 4.79 Å². The van der Waals surface area contributed by atoms with E-state index in [1.807, 2.05) is 12.1 Å². The largest absolute Gasteiger partial charge is 0.494 e. The Kier molecular flexibility index (Phi) is 7.17. The summed E-state index contributed by atoms with van der Waals surface area (Å²) in [6, 6.07) is 7.23. The summed E-state index contributed by atoms with van der Waals surface area (Å²) in [5, 5.41) is 4.02. The normalized spacial score (nSPS) is 15.5.